The van der Waals surface area contributed by atoms with Crippen molar-refractivity contribution >= 4 is 28.2 Å². The van der Waals surface area contributed by atoms with Crippen molar-refractivity contribution in [3.63, 3.8) is 0 Å². The van der Waals surface area contributed by atoms with Gasteiger partial charge in [-0.2, -0.15) is 0 Å². The first-order valence-corrected chi connectivity index (χ1v) is 10.4. The highest BCUT2D eigenvalue weighted by Gasteiger charge is 2.46. The Morgan fingerprint density at radius 3 is 1.78 bits per heavy atom. The van der Waals surface area contributed by atoms with Crippen molar-refractivity contribution in [1.82, 2.24) is 0 Å². The molecule has 3 aromatic rings. The van der Waals surface area contributed by atoms with Crippen LogP contribution in [0.3, 0.4) is 0 Å². The van der Waals surface area contributed by atoms with Gasteiger partial charge in [-0.05, 0) is 74.5 Å². The fourth-order valence-corrected chi connectivity index (χ4v) is 4.77. The van der Waals surface area contributed by atoms with E-state index in [9.17, 15) is 0 Å². The Kier molecular flexibility index (Phi) is 3.94. The monoisotopic (exact) mass is 458 g/mol. The molecule has 0 N–H and O–H groups in total. The van der Waals surface area contributed by atoms with Crippen LogP contribution in [0.25, 0.3) is 16.7 Å². The standard InChI is InChI=1S/C26H19I/c1-2-19(27)16-15-18-17-26(23-12-6-3-9-20(18)23)24-13-7-4-10-21(24)22-11-5-8-14-25(22)26/h2-17H,1H3/b16-15-,19-2+. The van der Waals surface area contributed by atoms with E-state index < -0.39 is 0 Å². The molecule has 2 aliphatic rings. The normalized spacial score (nSPS) is 16.4. The first kappa shape index (κ1) is 16.8. The molecule has 0 aliphatic heterocycles. The summed E-state index contributed by atoms with van der Waals surface area (Å²) in [5.41, 5.74) is 9.32. The zero-order valence-electron chi connectivity index (χ0n) is 15.1. The van der Waals surface area contributed by atoms with Crippen LogP contribution in [0.1, 0.15) is 29.2 Å². The van der Waals surface area contributed by atoms with Crippen LogP contribution in [0.2, 0.25) is 0 Å². The number of halogens is 1. The third-order valence-electron chi connectivity index (χ3n) is 5.73. The molecule has 0 saturated carbocycles. The highest BCUT2D eigenvalue weighted by Crippen LogP contribution is 2.58. The lowest BCUT2D eigenvalue weighted by atomic mass is 9.74. The highest BCUT2D eigenvalue weighted by molar-refractivity contribution is 14.1. The second-order valence-corrected chi connectivity index (χ2v) is 8.30. The van der Waals surface area contributed by atoms with Crippen molar-refractivity contribution in [2.75, 3.05) is 0 Å². The van der Waals surface area contributed by atoms with Crippen LogP contribution in [0.5, 0.6) is 0 Å². The van der Waals surface area contributed by atoms with Crippen LogP contribution in [0, 0.1) is 0 Å². The van der Waals surface area contributed by atoms with E-state index in [0.29, 0.717) is 0 Å². The number of allylic oxidation sites excluding steroid dienone is 6. The Morgan fingerprint density at radius 2 is 1.22 bits per heavy atom. The number of hydrogen-bond donors (Lipinski definition) is 0. The fraction of sp³-hybridized carbons (Fsp3) is 0.0769. The number of rotatable bonds is 2. The summed E-state index contributed by atoms with van der Waals surface area (Å²) in [5, 5.41) is 0. The average Bonchev–Trinajstić information content (AvgIpc) is 3.21. The SMILES string of the molecule is C/C=C(I)\C=C/C1=CC2(c3ccccc31)c1ccccc1-c1ccccc12. The van der Waals surface area contributed by atoms with Crippen LogP contribution in [0.4, 0.5) is 0 Å². The van der Waals surface area contributed by atoms with Crippen molar-refractivity contribution in [2.24, 2.45) is 0 Å². The predicted molar refractivity (Wildman–Crippen MR) is 123 cm³/mol. The summed E-state index contributed by atoms with van der Waals surface area (Å²) in [6.45, 7) is 2.08. The summed E-state index contributed by atoms with van der Waals surface area (Å²) in [5.74, 6) is 0. The first-order chi connectivity index (χ1) is 13.3. The summed E-state index contributed by atoms with van der Waals surface area (Å²) >= 11 is 2.38. The molecular formula is C26H19I. The van der Waals surface area contributed by atoms with Crippen LogP contribution < -0.4 is 0 Å². The van der Waals surface area contributed by atoms with Crippen molar-refractivity contribution in [2.45, 2.75) is 12.3 Å². The van der Waals surface area contributed by atoms with Gasteiger partial charge < -0.3 is 0 Å². The lowest BCUT2D eigenvalue weighted by Crippen LogP contribution is -2.22. The van der Waals surface area contributed by atoms with Gasteiger partial charge in [-0.1, -0.05) is 91.0 Å². The molecule has 1 heteroatoms. The first-order valence-electron chi connectivity index (χ1n) is 9.28. The molecule has 5 rings (SSSR count). The Labute approximate surface area is 174 Å². The van der Waals surface area contributed by atoms with E-state index in [-0.39, 0.29) is 5.41 Å². The molecule has 130 valence electrons. The molecule has 1 spiro atoms. The molecule has 0 unspecified atom stereocenters. The van der Waals surface area contributed by atoms with Crippen molar-refractivity contribution in [1.29, 1.82) is 0 Å². The van der Waals surface area contributed by atoms with Crippen LogP contribution >= 0.6 is 22.6 Å². The van der Waals surface area contributed by atoms with E-state index in [1.165, 1.54) is 42.5 Å². The van der Waals surface area contributed by atoms with Gasteiger partial charge in [0.2, 0.25) is 0 Å². The second-order valence-electron chi connectivity index (χ2n) is 7.05. The third-order valence-corrected chi connectivity index (χ3v) is 6.71. The van der Waals surface area contributed by atoms with Crippen LogP contribution in [-0.2, 0) is 5.41 Å². The summed E-state index contributed by atoms with van der Waals surface area (Å²) < 4.78 is 1.25. The average molecular weight is 458 g/mol. The van der Waals surface area contributed by atoms with Crippen LogP contribution in [0.15, 0.2) is 101 Å². The van der Waals surface area contributed by atoms with Gasteiger partial charge in [0.1, 0.15) is 0 Å². The minimum absolute atomic E-state index is 0.190. The van der Waals surface area contributed by atoms with Gasteiger partial charge in [-0.15, -0.1) is 0 Å². The summed E-state index contributed by atoms with van der Waals surface area (Å²) in [4.78, 5) is 0. The highest BCUT2D eigenvalue weighted by atomic mass is 127. The lowest BCUT2D eigenvalue weighted by molar-refractivity contribution is 0.821. The molecule has 27 heavy (non-hydrogen) atoms. The van der Waals surface area contributed by atoms with E-state index in [0.717, 1.165) is 0 Å². The van der Waals surface area contributed by atoms with E-state index in [4.69, 9.17) is 0 Å². The Balaban J connectivity index is 1.84. The van der Waals surface area contributed by atoms with E-state index >= 15 is 0 Å². The van der Waals surface area contributed by atoms with Gasteiger partial charge in [0, 0.05) is 3.58 Å². The molecule has 0 atom stereocenters. The molecule has 0 bridgehead atoms. The summed E-state index contributed by atoms with van der Waals surface area (Å²) in [7, 11) is 0. The molecule has 0 fully saturated rings. The largest absolute Gasteiger partial charge is 0.0742 e. The predicted octanol–water partition coefficient (Wildman–Crippen LogP) is 7.29. The zero-order valence-corrected chi connectivity index (χ0v) is 17.3. The van der Waals surface area contributed by atoms with E-state index in [1.807, 2.05) is 0 Å². The van der Waals surface area contributed by atoms with Crippen molar-refractivity contribution in [3.05, 3.63) is 123 Å². The van der Waals surface area contributed by atoms with E-state index in [2.05, 4.69) is 127 Å². The summed E-state index contributed by atoms with van der Waals surface area (Å²) in [6, 6.07) is 26.6. The number of hydrogen-bond acceptors (Lipinski definition) is 0. The fourth-order valence-electron chi connectivity index (χ4n) is 4.59. The molecular weight excluding hydrogens is 439 g/mol. The Bertz CT molecular complexity index is 1100. The van der Waals surface area contributed by atoms with Gasteiger partial charge in [-0.25, -0.2) is 0 Å². The maximum atomic E-state index is 2.47. The zero-order chi connectivity index (χ0) is 18.4. The molecule has 0 nitrogen and oxygen atoms in total. The minimum Gasteiger partial charge on any atom is -0.0742 e. The van der Waals surface area contributed by atoms with E-state index in [1.54, 1.807) is 0 Å². The Hall–Kier alpha value is -2.39. The van der Waals surface area contributed by atoms with Gasteiger partial charge in [0.05, 0.1) is 5.41 Å². The molecule has 0 amide bonds. The van der Waals surface area contributed by atoms with Gasteiger partial charge in [0.15, 0.2) is 0 Å². The summed E-state index contributed by atoms with van der Waals surface area (Å²) in [6.07, 6.45) is 9.07. The molecule has 0 aromatic heterocycles. The molecule has 2 aliphatic carbocycles. The minimum atomic E-state index is -0.190. The van der Waals surface area contributed by atoms with Crippen molar-refractivity contribution < 1.29 is 0 Å². The topological polar surface area (TPSA) is 0 Å². The third kappa shape index (κ3) is 2.34. The van der Waals surface area contributed by atoms with Gasteiger partial charge >= 0.3 is 0 Å². The quantitative estimate of drug-likeness (QED) is 0.279. The van der Waals surface area contributed by atoms with Crippen molar-refractivity contribution in [3.8, 4) is 11.1 Å². The molecule has 0 heterocycles. The smallest absolute Gasteiger partial charge is 0.0659 e. The molecule has 3 aromatic carbocycles. The van der Waals surface area contributed by atoms with Gasteiger partial charge in [0.25, 0.3) is 0 Å². The molecule has 0 radical (unpaired) electrons. The molecule has 0 saturated heterocycles. The number of benzene rings is 3. The Morgan fingerprint density at radius 1 is 0.741 bits per heavy atom. The maximum absolute atomic E-state index is 2.47. The van der Waals surface area contributed by atoms with Crippen LogP contribution in [-0.4, -0.2) is 0 Å². The number of fused-ring (bicyclic) bond motifs is 7. The lowest BCUT2D eigenvalue weighted by Gasteiger charge is -2.27. The maximum Gasteiger partial charge on any atom is 0.0659 e. The van der Waals surface area contributed by atoms with Gasteiger partial charge in [-0.3, -0.25) is 0 Å². The second kappa shape index (κ2) is 6.35.